The van der Waals surface area contributed by atoms with Crippen molar-refractivity contribution in [3.8, 4) is 11.4 Å². The summed E-state index contributed by atoms with van der Waals surface area (Å²) in [5.74, 6) is 0.156. The minimum Gasteiger partial charge on any atom is -0.408 e. The Bertz CT molecular complexity index is 1280. The third-order valence-corrected chi connectivity index (χ3v) is 5.33. The molecule has 0 fully saturated rings. The Morgan fingerprint density at radius 1 is 1.13 bits per heavy atom. The summed E-state index contributed by atoms with van der Waals surface area (Å²) in [6.45, 7) is 0. The van der Waals surface area contributed by atoms with E-state index in [4.69, 9.17) is 21.8 Å². The van der Waals surface area contributed by atoms with Crippen molar-refractivity contribution in [3.63, 3.8) is 0 Å². The van der Waals surface area contributed by atoms with Gasteiger partial charge in [-0.3, -0.25) is 4.98 Å². The summed E-state index contributed by atoms with van der Waals surface area (Å²) in [4.78, 5) is 35.2. The molecule has 4 aromatic rings. The van der Waals surface area contributed by atoms with Crippen LogP contribution in [0.3, 0.4) is 0 Å². The van der Waals surface area contributed by atoms with Crippen LogP contribution in [0.5, 0.6) is 0 Å². The number of rotatable bonds is 4. The van der Waals surface area contributed by atoms with Crippen LogP contribution in [0.15, 0.2) is 56.6 Å². The zero-order chi connectivity index (χ0) is 21.3. The maximum atomic E-state index is 12.3. The van der Waals surface area contributed by atoms with Crippen LogP contribution in [0.1, 0.15) is 0 Å². The van der Waals surface area contributed by atoms with Gasteiger partial charge in [0.15, 0.2) is 11.4 Å². The predicted molar refractivity (Wildman–Crippen MR) is 118 cm³/mol. The highest BCUT2D eigenvalue weighted by atomic mass is 35.5. The SMILES string of the molecule is CSc1c(N)nc(-c2ccc(NC(=O)Nc3ccc4[nH]c(=O)oc4c3)cc2)nc1Cl. The van der Waals surface area contributed by atoms with E-state index >= 15 is 0 Å². The minimum atomic E-state index is -0.554. The van der Waals surface area contributed by atoms with Gasteiger partial charge < -0.3 is 20.8 Å². The monoisotopic (exact) mass is 442 g/mol. The Hall–Kier alpha value is -3.50. The van der Waals surface area contributed by atoms with E-state index in [1.165, 1.54) is 11.8 Å². The molecule has 0 aliphatic carbocycles. The number of hydrogen-bond donors (Lipinski definition) is 4. The average molecular weight is 443 g/mol. The summed E-state index contributed by atoms with van der Waals surface area (Å²) in [6.07, 6.45) is 1.85. The van der Waals surface area contributed by atoms with Crippen molar-refractivity contribution in [3.05, 3.63) is 58.2 Å². The van der Waals surface area contributed by atoms with E-state index in [1.807, 2.05) is 6.26 Å². The summed E-state index contributed by atoms with van der Waals surface area (Å²) in [7, 11) is 0. The van der Waals surface area contributed by atoms with Crippen LogP contribution >= 0.6 is 23.4 Å². The van der Waals surface area contributed by atoms with E-state index in [2.05, 4.69) is 25.6 Å². The van der Waals surface area contributed by atoms with Crippen LogP contribution in [0.4, 0.5) is 22.0 Å². The van der Waals surface area contributed by atoms with E-state index in [0.717, 1.165) is 0 Å². The Balaban J connectivity index is 1.46. The van der Waals surface area contributed by atoms with E-state index < -0.39 is 11.8 Å². The molecule has 2 heterocycles. The number of thioether (sulfide) groups is 1. The highest BCUT2D eigenvalue weighted by Crippen LogP contribution is 2.31. The standard InChI is InChI=1S/C19H15ClN6O3S/c1-30-14-15(20)25-17(26-16(14)21)9-2-4-10(5-3-9)22-18(27)23-11-6-7-12-13(8-11)29-19(28)24-12/h2-8H,1H3,(H,24,28)(H2,21,25,26)(H2,22,23,27). The number of amides is 2. The van der Waals surface area contributed by atoms with Crippen LogP contribution in [0, 0.1) is 0 Å². The number of nitrogens with one attached hydrogen (secondary N) is 3. The summed E-state index contributed by atoms with van der Waals surface area (Å²) in [5, 5.41) is 5.69. The van der Waals surface area contributed by atoms with Gasteiger partial charge in [-0.2, -0.15) is 0 Å². The summed E-state index contributed by atoms with van der Waals surface area (Å²) in [6, 6.07) is 11.3. The third-order valence-electron chi connectivity index (χ3n) is 4.13. The molecule has 11 heteroatoms. The first kappa shape index (κ1) is 19.8. The largest absolute Gasteiger partial charge is 0.417 e. The van der Waals surface area contributed by atoms with Crippen molar-refractivity contribution >= 4 is 57.7 Å². The van der Waals surface area contributed by atoms with Crippen molar-refractivity contribution in [1.82, 2.24) is 15.0 Å². The smallest absolute Gasteiger partial charge is 0.408 e. The molecule has 2 aromatic carbocycles. The Labute approximate surface area is 179 Å². The van der Waals surface area contributed by atoms with Crippen molar-refractivity contribution in [1.29, 1.82) is 0 Å². The summed E-state index contributed by atoms with van der Waals surface area (Å²) >= 11 is 7.53. The van der Waals surface area contributed by atoms with E-state index in [0.29, 0.717) is 49.7 Å². The molecule has 9 nitrogen and oxygen atoms in total. The van der Waals surface area contributed by atoms with Gasteiger partial charge in [-0.1, -0.05) is 11.6 Å². The molecular formula is C19H15ClN6O3S. The number of carbonyl (C=O) groups is 1. The quantitative estimate of drug-likeness (QED) is 0.274. The number of aromatic amines is 1. The molecule has 2 aromatic heterocycles. The lowest BCUT2D eigenvalue weighted by Gasteiger charge is -2.09. The highest BCUT2D eigenvalue weighted by Gasteiger charge is 2.12. The molecule has 0 aliphatic rings. The molecule has 0 radical (unpaired) electrons. The first-order chi connectivity index (χ1) is 14.4. The molecule has 0 spiro atoms. The zero-order valence-electron chi connectivity index (χ0n) is 15.5. The van der Waals surface area contributed by atoms with Crippen molar-refractivity contribution < 1.29 is 9.21 Å². The summed E-state index contributed by atoms with van der Waals surface area (Å²) < 4.78 is 4.98. The van der Waals surface area contributed by atoms with Gasteiger partial charge in [-0.15, -0.1) is 11.8 Å². The Morgan fingerprint density at radius 3 is 2.53 bits per heavy atom. The number of benzene rings is 2. The molecule has 0 atom stereocenters. The molecule has 0 saturated heterocycles. The number of H-pyrrole nitrogens is 1. The van der Waals surface area contributed by atoms with Crippen LogP contribution in [0.25, 0.3) is 22.5 Å². The molecule has 30 heavy (non-hydrogen) atoms. The van der Waals surface area contributed by atoms with Crippen LogP contribution in [-0.2, 0) is 0 Å². The van der Waals surface area contributed by atoms with Crippen LogP contribution in [-0.4, -0.2) is 27.2 Å². The molecule has 0 bridgehead atoms. The molecular weight excluding hydrogens is 428 g/mol. The zero-order valence-corrected chi connectivity index (χ0v) is 17.1. The number of nitrogen functional groups attached to an aromatic ring is 1. The second-order valence-corrected chi connectivity index (χ2v) is 7.31. The van der Waals surface area contributed by atoms with Crippen molar-refractivity contribution in [2.45, 2.75) is 4.90 Å². The molecule has 4 rings (SSSR count). The van der Waals surface area contributed by atoms with Crippen LogP contribution < -0.4 is 22.1 Å². The number of oxazole rings is 1. The van der Waals surface area contributed by atoms with E-state index in [-0.39, 0.29) is 0 Å². The van der Waals surface area contributed by atoms with Crippen molar-refractivity contribution in [2.75, 3.05) is 22.6 Å². The minimum absolute atomic E-state index is 0.293. The molecule has 0 aliphatic heterocycles. The summed E-state index contributed by atoms with van der Waals surface area (Å²) in [5.41, 5.74) is 8.58. The average Bonchev–Trinajstić information content (AvgIpc) is 3.07. The second kappa shape index (κ2) is 8.09. The van der Waals surface area contributed by atoms with E-state index in [1.54, 1.807) is 42.5 Å². The van der Waals surface area contributed by atoms with Gasteiger partial charge >= 0.3 is 11.8 Å². The lowest BCUT2D eigenvalue weighted by atomic mass is 10.2. The second-order valence-electron chi connectivity index (χ2n) is 6.14. The number of anilines is 3. The van der Waals surface area contributed by atoms with Crippen molar-refractivity contribution in [2.24, 2.45) is 0 Å². The highest BCUT2D eigenvalue weighted by molar-refractivity contribution is 7.98. The number of aromatic nitrogens is 3. The first-order valence-electron chi connectivity index (χ1n) is 8.61. The maximum Gasteiger partial charge on any atom is 0.417 e. The first-order valence-corrected chi connectivity index (χ1v) is 10.2. The van der Waals surface area contributed by atoms with Gasteiger partial charge in [0, 0.05) is 23.0 Å². The fourth-order valence-electron chi connectivity index (χ4n) is 2.78. The van der Waals surface area contributed by atoms with Gasteiger partial charge in [0.2, 0.25) is 0 Å². The number of halogens is 1. The third kappa shape index (κ3) is 4.09. The maximum absolute atomic E-state index is 12.3. The molecule has 0 saturated carbocycles. The lowest BCUT2D eigenvalue weighted by molar-refractivity contribution is 0.262. The number of hydrogen-bond acceptors (Lipinski definition) is 7. The predicted octanol–water partition coefficient (Wildman–Crippen LogP) is 4.18. The van der Waals surface area contributed by atoms with Gasteiger partial charge in [-0.25, -0.2) is 19.6 Å². The number of fused-ring (bicyclic) bond motifs is 1. The molecule has 0 unspecified atom stereocenters. The van der Waals surface area contributed by atoms with Gasteiger partial charge in [-0.05, 0) is 42.7 Å². The number of urea groups is 1. The molecule has 2 amide bonds. The Morgan fingerprint density at radius 2 is 1.83 bits per heavy atom. The fourth-order valence-corrected chi connectivity index (χ4v) is 3.65. The van der Waals surface area contributed by atoms with E-state index in [9.17, 15) is 9.59 Å². The molecule has 5 N–H and O–H groups in total. The number of carbonyl (C=O) groups excluding carboxylic acids is 1. The Kier molecular flexibility index (Phi) is 5.34. The molecule has 152 valence electrons. The normalized spacial score (nSPS) is 10.9. The van der Waals surface area contributed by atoms with Gasteiger partial charge in [0.05, 0.1) is 10.4 Å². The topological polar surface area (TPSA) is 139 Å². The fraction of sp³-hybridized carbons (Fsp3) is 0.0526. The number of nitrogens with two attached hydrogens (primary N) is 1. The van der Waals surface area contributed by atoms with Gasteiger partial charge in [0.25, 0.3) is 0 Å². The lowest BCUT2D eigenvalue weighted by Crippen LogP contribution is -2.19. The number of nitrogens with zero attached hydrogens (tertiary/aromatic N) is 2. The van der Waals surface area contributed by atoms with Gasteiger partial charge in [0.1, 0.15) is 11.0 Å². The van der Waals surface area contributed by atoms with Crippen LogP contribution in [0.2, 0.25) is 5.15 Å².